The number of sulfonamides is 1. The van der Waals surface area contributed by atoms with Gasteiger partial charge in [-0.15, -0.1) is 0 Å². The van der Waals surface area contributed by atoms with Crippen LogP contribution in [0.1, 0.15) is 26.3 Å². The van der Waals surface area contributed by atoms with E-state index in [0.29, 0.717) is 0 Å². The van der Waals surface area contributed by atoms with Crippen LogP contribution in [0.2, 0.25) is 0 Å². The van der Waals surface area contributed by atoms with Crippen molar-refractivity contribution in [2.45, 2.75) is 38.1 Å². The summed E-state index contributed by atoms with van der Waals surface area (Å²) in [6.07, 6.45) is 0. The Morgan fingerprint density at radius 3 is 2.23 bits per heavy atom. The maximum Gasteiger partial charge on any atom is 0.241 e. The number of phenolic OH excluding ortho intramolecular Hbond substituents is 1. The van der Waals surface area contributed by atoms with E-state index in [2.05, 4.69) is 4.72 Å². The second kappa shape index (κ2) is 5.74. The van der Waals surface area contributed by atoms with Crippen molar-refractivity contribution in [3.05, 3.63) is 48.0 Å². The quantitative estimate of drug-likeness (QED) is 0.910. The molecule has 0 saturated carbocycles. The molecule has 0 radical (unpaired) electrons. The molecule has 0 amide bonds. The van der Waals surface area contributed by atoms with E-state index in [9.17, 15) is 13.5 Å². The van der Waals surface area contributed by atoms with E-state index in [1.165, 1.54) is 0 Å². The largest absolute Gasteiger partial charge is 0.508 e. The third-order valence-corrected chi connectivity index (χ3v) is 4.87. The number of rotatable bonds is 3. The number of hydrogen-bond donors (Lipinski definition) is 2. The molecule has 0 aliphatic carbocycles. The van der Waals surface area contributed by atoms with Crippen molar-refractivity contribution in [3.63, 3.8) is 0 Å². The fourth-order valence-electron chi connectivity index (χ4n) is 2.14. The van der Waals surface area contributed by atoms with Gasteiger partial charge in [0, 0.05) is 5.54 Å². The second-order valence-electron chi connectivity index (χ2n) is 6.38. The summed E-state index contributed by atoms with van der Waals surface area (Å²) in [7, 11) is -3.57. The highest BCUT2D eigenvalue weighted by Crippen LogP contribution is 2.27. The summed E-state index contributed by atoms with van der Waals surface area (Å²) in [5.74, 6) is 0.224. The van der Waals surface area contributed by atoms with Gasteiger partial charge in [0.1, 0.15) is 5.75 Å². The first-order valence-electron chi connectivity index (χ1n) is 7.02. The Labute approximate surface area is 131 Å². The maximum absolute atomic E-state index is 12.4. The van der Waals surface area contributed by atoms with Gasteiger partial charge in [0.2, 0.25) is 10.0 Å². The van der Waals surface area contributed by atoms with Crippen LogP contribution in [-0.2, 0) is 10.0 Å². The molecule has 0 unspecified atom stereocenters. The van der Waals surface area contributed by atoms with Crippen LogP contribution in [0, 0.1) is 6.92 Å². The topological polar surface area (TPSA) is 66.4 Å². The van der Waals surface area contributed by atoms with Gasteiger partial charge in [-0.3, -0.25) is 0 Å². The molecule has 2 aromatic rings. The zero-order valence-corrected chi connectivity index (χ0v) is 14.0. The molecule has 2 N–H and O–H groups in total. The molecular formula is C17H21NO3S. The Morgan fingerprint density at radius 1 is 1.00 bits per heavy atom. The summed E-state index contributed by atoms with van der Waals surface area (Å²) in [6, 6.07) is 12.0. The van der Waals surface area contributed by atoms with Gasteiger partial charge in [0.15, 0.2) is 0 Å². The number of aromatic hydroxyl groups is 1. The number of hydrogen-bond acceptors (Lipinski definition) is 3. The molecule has 5 heteroatoms. The Kier molecular flexibility index (Phi) is 4.31. The van der Waals surface area contributed by atoms with Gasteiger partial charge in [0.25, 0.3) is 0 Å². The third kappa shape index (κ3) is 3.87. The van der Waals surface area contributed by atoms with Gasteiger partial charge < -0.3 is 5.11 Å². The summed E-state index contributed by atoms with van der Waals surface area (Å²) in [5.41, 5.74) is 1.87. The van der Waals surface area contributed by atoms with E-state index < -0.39 is 15.6 Å². The van der Waals surface area contributed by atoms with E-state index in [-0.39, 0.29) is 10.6 Å². The zero-order chi connectivity index (χ0) is 16.5. The van der Waals surface area contributed by atoms with Crippen LogP contribution in [-0.4, -0.2) is 19.1 Å². The van der Waals surface area contributed by atoms with E-state index >= 15 is 0 Å². The lowest BCUT2D eigenvalue weighted by molar-refractivity contribution is 0.471. The molecule has 2 aromatic carbocycles. The highest BCUT2D eigenvalue weighted by Gasteiger charge is 2.22. The second-order valence-corrected chi connectivity index (χ2v) is 8.07. The average molecular weight is 319 g/mol. The molecule has 118 valence electrons. The van der Waals surface area contributed by atoms with Crippen LogP contribution in [0.25, 0.3) is 11.1 Å². The molecule has 0 aromatic heterocycles. The van der Waals surface area contributed by atoms with Crippen molar-refractivity contribution in [1.82, 2.24) is 4.72 Å². The van der Waals surface area contributed by atoms with Crippen LogP contribution >= 0.6 is 0 Å². The lowest BCUT2D eigenvalue weighted by Gasteiger charge is -2.20. The van der Waals surface area contributed by atoms with E-state index in [1.807, 2.05) is 12.1 Å². The molecule has 0 atom stereocenters. The lowest BCUT2D eigenvalue weighted by Crippen LogP contribution is -2.40. The van der Waals surface area contributed by atoms with Crippen molar-refractivity contribution in [2.75, 3.05) is 0 Å². The van der Waals surface area contributed by atoms with E-state index in [0.717, 1.165) is 16.7 Å². The Bertz CT molecular complexity index is 790. The predicted octanol–water partition coefficient (Wildman–Crippen LogP) is 3.44. The molecule has 0 aliphatic heterocycles. The SMILES string of the molecule is Cc1cc(-c2cccc(S(=O)(=O)NC(C)(C)C)c2)ccc1O. The number of aryl methyl sites for hydroxylation is 1. The Morgan fingerprint density at radius 2 is 1.64 bits per heavy atom. The molecule has 0 saturated heterocycles. The van der Waals surface area contributed by atoms with Gasteiger partial charge in [-0.2, -0.15) is 0 Å². The minimum Gasteiger partial charge on any atom is -0.508 e. The van der Waals surface area contributed by atoms with Gasteiger partial charge in [0.05, 0.1) is 4.90 Å². The highest BCUT2D eigenvalue weighted by atomic mass is 32.2. The van der Waals surface area contributed by atoms with E-state index in [4.69, 9.17) is 0 Å². The first kappa shape index (κ1) is 16.5. The normalized spacial score (nSPS) is 12.4. The summed E-state index contributed by atoms with van der Waals surface area (Å²) in [6.45, 7) is 7.22. The maximum atomic E-state index is 12.4. The van der Waals surface area contributed by atoms with Gasteiger partial charge in [-0.1, -0.05) is 18.2 Å². The molecule has 0 fully saturated rings. The minimum absolute atomic E-state index is 0.224. The molecule has 22 heavy (non-hydrogen) atoms. The Hall–Kier alpha value is -1.85. The number of phenols is 1. The van der Waals surface area contributed by atoms with Crippen LogP contribution in [0.3, 0.4) is 0 Å². The van der Waals surface area contributed by atoms with E-state index in [1.54, 1.807) is 58.0 Å². The minimum atomic E-state index is -3.57. The van der Waals surface area contributed by atoms with Crippen molar-refractivity contribution < 1.29 is 13.5 Å². The van der Waals surface area contributed by atoms with Crippen LogP contribution in [0.4, 0.5) is 0 Å². The third-order valence-electron chi connectivity index (χ3n) is 3.12. The fraction of sp³-hybridized carbons (Fsp3) is 0.294. The molecule has 4 nitrogen and oxygen atoms in total. The van der Waals surface area contributed by atoms with Crippen LogP contribution < -0.4 is 4.72 Å². The molecule has 0 heterocycles. The van der Waals surface area contributed by atoms with Gasteiger partial charge in [-0.25, -0.2) is 13.1 Å². The smallest absolute Gasteiger partial charge is 0.241 e. The summed E-state index contributed by atoms with van der Waals surface area (Å²) in [4.78, 5) is 0.227. The Balaban J connectivity index is 2.44. The van der Waals surface area contributed by atoms with Gasteiger partial charge in [-0.05, 0) is 68.7 Å². The number of nitrogens with one attached hydrogen (secondary N) is 1. The molecule has 2 rings (SSSR count). The fourth-order valence-corrected chi connectivity index (χ4v) is 3.60. The van der Waals surface area contributed by atoms with Crippen molar-refractivity contribution in [1.29, 1.82) is 0 Å². The monoisotopic (exact) mass is 319 g/mol. The van der Waals surface area contributed by atoms with Gasteiger partial charge >= 0.3 is 0 Å². The lowest BCUT2D eigenvalue weighted by atomic mass is 10.0. The number of benzene rings is 2. The predicted molar refractivity (Wildman–Crippen MR) is 88.4 cm³/mol. The summed E-state index contributed by atoms with van der Waals surface area (Å²) < 4.78 is 27.4. The summed E-state index contributed by atoms with van der Waals surface area (Å²) in [5, 5.41) is 9.60. The standard InChI is InChI=1S/C17H21NO3S/c1-12-10-14(8-9-16(12)19)13-6-5-7-15(11-13)22(20,21)18-17(2,3)4/h5-11,18-19H,1-4H3. The molecule has 0 aliphatic rings. The molecule has 0 bridgehead atoms. The van der Waals surface area contributed by atoms with Crippen molar-refractivity contribution >= 4 is 10.0 Å². The highest BCUT2D eigenvalue weighted by molar-refractivity contribution is 7.89. The summed E-state index contributed by atoms with van der Waals surface area (Å²) >= 11 is 0. The first-order valence-corrected chi connectivity index (χ1v) is 8.51. The molecular weight excluding hydrogens is 298 g/mol. The van der Waals surface area contributed by atoms with Crippen LogP contribution in [0.5, 0.6) is 5.75 Å². The first-order chi connectivity index (χ1) is 10.1. The van der Waals surface area contributed by atoms with Crippen molar-refractivity contribution in [3.8, 4) is 16.9 Å². The molecule has 0 spiro atoms. The zero-order valence-electron chi connectivity index (χ0n) is 13.2. The van der Waals surface area contributed by atoms with Crippen molar-refractivity contribution in [2.24, 2.45) is 0 Å². The average Bonchev–Trinajstić information content (AvgIpc) is 2.39. The van der Waals surface area contributed by atoms with Crippen LogP contribution in [0.15, 0.2) is 47.4 Å².